The van der Waals surface area contributed by atoms with Crippen LogP contribution in [0.4, 0.5) is 0 Å². The van der Waals surface area contributed by atoms with Crippen LogP contribution in [0.2, 0.25) is 0 Å². The Morgan fingerprint density at radius 3 is 1.44 bits per heavy atom. The lowest BCUT2D eigenvalue weighted by Gasteiger charge is -2.35. The second-order valence-electron chi connectivity index (χ2n) is 5.23. The molecular weight excluding hydrogens is 228 g/mol. The van der Waals surface area contributed by atoms with Gasteiger partial charge in [-0.3, -0.25) is 4.79 Å². The highest BCUT2D eigenvalue weighted by atomic mass is 16.4. The lowest BCUT2D eigenvalue weighted by Crippen LogP contribution is -2.33. The van der Waals surface area contributed by atoms with Gasteiger partial charge in [-0.2, -0.15) is 0 Å². The first-order chi connectivity index (χ1) is 8.34. The quantitative estimate of drug-likeness (QED) is 0.596. The summed E-state index contributed by atoms with van der Waals surface area (Å²) in [5, 5.41) is 19.2. The highest BCUT2D eigenvalue weighted by Crippen LogP contribution is 2.43. The third kappa shape index (κ3) is 3.27. The van der Waals surface area contributed by atoms with Gasteiger partial charge in [0.05, 0.1) is 11.2 Å². The molecule has 0 aromatic heterocycles. The molecule has 0 aromatic rings. The summed E-state index contributed by atoms with van der Waals surface area (Å²) in [6.45, 7) is 11.6. The van der Waals surface area contributed by atoms with Crippen LogP contribution in [0.15, 0.2) is 12.3 Å². The average molecular weight is 256 g/mol. The SMILES string of the molecule is C=C(O)C(CC)(CC)CCC(CC)(CC)C(=O)O. The van der Waals surface area contributed by atoms with Gasteiger partial charge in [-0.25, -0.2) is 0 Å². The van der Waals surface area contributed by atoms with E-state index in [9.17, 15) is 15.0 Å². The number of aliphatic hydroxyl groups is 1. The molecule has 0 unspecified atom stereocenters. The zero-order chi connectivity index (χ0) is 14.4. The van der Waals surface area contributed by atoms with Crippen LogP contribution in [0.5, 0.6) is 0 Å². The van der Waals surface area contributed by atoms with Gasteiger partial charge in [0, 0.05) is 5.41 Å². The van der Waals surface area contributed by atoms with Crippen LogP contribution in [0.3, 0.4) is 0 Å². The maximum Gasteiger partial charge on any atom is 0.309 e. The Balaban J connectivity index is 4.99. The number of aliphatic hydroxyl groups excluding tert-OH is 1. The summed E-state index contributed by atoms with van der Waals surface area (Å²) >= 11 is 0. The third-order valence-electron chi connectivity index (χ3n) is 4.86. The van der Waals surface area contributed by atoms with Gasteiger partial charge in [-0.1, -0.05) is 34.3 Å². The van der Waals surface area contributed by atoms with Crippen LogP contribution in [0, 0.1) is 10.8 Å². The summed E-state index contributed by atoms with van der Waals surface area (Å²) < 4.78 is 0. The van der Waals surface area contributed by atoms with E-state index in [0.29, 0.717) is 25.7 Å². The molecule has 0 spiro atoms. The number of allylic oxidation sites excluding steroid dienone is 1. The van der Waals surface area contributed by atoms with Crippen molar-refractivity contribution in [1.29, 1.82) is 0 Å². The highest BCUT2D eigenvalue weighted by molar-refractivity contribution is 5.74. The second-order valence-corrected chi connectivity index (χ2v) is 5.23. The van der Waals surface area contributed by atoms with Crippen molar-refractivity contribution in [2.24, 2.45) is 10.8 Å². The summed E-state index contributed by atoms with van der Waals surface area (Å²) in [5.74, 6) is -0.531. The zero-order valence-corrected chi connectivity index (χ0v) is 12.3. The topological polar surface area (TPSA) is 57.5 Å². The molecule has 0 aliphatic heterocycles. The van der Waals surface area contributed by atoms with Crippen molar-refractivity contribution in [3.63, 3.8) is 0 Å². The summed E-state index contributed by atoms with van der Waals surface area (Å²) in [6.07, 6.45) is 4.12. The Labute approximate surface area is 111 Å². The summed E-state index contributed by atoms with van der Waals surface area (Å²) in [5.41, 5.74) is -0.990. The molecule has 0 aliphatic rings. The molecule has 0 amide bonds. The van der Waals surface area contributed by atoms with E-state index in [1.54, 1.807) is 0 Å². The van der Waals surface area contributed by atoms with E-state index in [4.69, 9.17) is 0 Å². The molecule has 0 saturated heterocycles. The summed E-state index contributed by atoms with van der Waals surface area (Å²) in [4.78, 5) is 11.5. The summed E-state index contributed by atoms with van der Waals surface area (Å²) in [7, 11) is 0. The molecule has 18 heavy (non-hydrogen) atoms. The normalized spacial score (nSPS) is 12.4. The molecule has 0 aromatic carbocycles. The van der Waals surface area contributed by atoms with Crippen LogP contribution in [0.25, 0.3) is 0 Å². The minimum Gasteiger partial charge on any atom is -0.512 e. The molecule has 2 N–H and O–H groups in total. The van der Waals surface area contributed by atoms with Gasteiger partial charge in [0.2, 0.25) is 0 Å². The maximum absolute atomic E-state index is 11.5. The molecule has 3 heteroatoms. The Bertz CT molecular complexity index is 256. The minimum atomic E-state index is -0.725. The van der Waals surface area contributed by atoms with Gasteiger partial charge >= 0.3 is 5.97 Å². The first-order valence-corrected chi connectivity index (χ1v) is 6.95. The molecule has 0 saturated carbocycles. The number of carboxylic acid groups (broad SMARTS) is 1. The second kappa shape index (κ2) is 6.81. The average Bonchev–Trinajstić information content (AvgIpc) is 2.35. The van der Waals surface area contributed by atoms with Gasteiger partial charge < -0.3 is 10.2 Å². The van der Waals surface area contributed by atoms with Gasteiger partial charge in [0.25, 0.3) is 0 Å². The smallest absolute Gasteiger partial charge is 0.309 e. The molecule has 0 radical (unpaired) electrons. The van der Waals surface area contributed by atoms with Gasteiger partial charge in [-0.15, -0.1) is 0 Å². The van der Waals surface area contributed by atoms with Crippen molar-refractivity contribution >= 4 is 5.97 Å². The molecule has 0 fully saturated rings. The van der Waals surface area contributed by atoms with E-state index in [2.05, 4.69) is 6.58 Å². The number of hydrogen-bond acceptors (Lipinski definition) is 2. The van der Waals surface area contributed by atoms with Crippen LogP contribution in [-0.2, 0) is 4.79 Å². The van der Waals surface area contributed by atoms with Crippen molar-refractivity contribution in [2.75, 3.05) is 0 Å². The van der Waals surface area contributed by atoms with E-state index >= 15 is 0 Å². The highest BCUT2D eigenvalue weighted by Gasteiger charge is 2.39. The zero-order valence-electron chi connectivity index (χ0n) is 12.3. The lowest BCUT2D eigenvalue weighted by atomic mass is 9.69. The summed E-state index contributed by atoms with van der Waals surface area (Å²) in [6, 6.07) is 0. The van der Waals surface area contributed by atoms with Gasteiger partial charge in [0.1, 0.15) is 0 Å². The van der Waals surface area contributed by atoms with Crippen LogP contribution < -0.4 is 0 Å². The molecule has 3 nitrogen and oxygen atoms in total. The van der Waals surface area contributed by atoms with Crippen LogP contribution in [-0.4, -0.2) is 16.2 Å². The minimum absolute atomic E-state index is 0.194. The van der Waals surface area contributed by atoms with E-state index in [-0.39, 0.29) is 11.2 Å². The van der Waals surface area contributed by atoms with Crippen LogP contribution in [0.1, 0.15) is 66.2 Å². The third-order valence-corrected chi connectivity index (χ3v) is 4.86. The first kappa shape index (κ1) is 17.0. The van der Waals surface area contributed by atoms with Gasteiger partial charge in [0.15, 0.2) is 0 Å². The fraction of sp³-hybridized carbons (Fsp3) is 0.800. The first-order valence-electron chi connectivity index (χ1n) is 6.95. The molecule has 0 heterocycles. The molecule has 0 rings (SSSR count). The van der Waals surface area contributed by atoms with E-state index in [0.717, 1.165) is 12.8 Å². The fourth-order valence-corrected chi connectivity index (χ4v) is 2.65. The van der Waals surface area contributed by atoms with E-state index < -0.39 is 11.4 Å². The van der Waals surface area contributed by atoms with E-state index in [1.807, 2.05) is 27.7 Å². The Morgan fingerprint density at radius 1 is 0.889 bits per heavy atom. The van der Waals surface area contributed by atoms with Crippen molar-refractivity contribution in [1.82, 2.24) is 0 Å². The number of hydrogen-bond donors (Lipinski definition) is 2. The molecule has 0 atom stereocenters. The maximum atomic E-state index is 11.5. The lowest BCUT2D eigenvalue weighted by molar-refractivity contribution is -0.150. The van der Waals surface area contributed by atoms with Crippen molar-refractivity contribution in [2.45, 2.75) is 66.2 Å². The van der Waals surface area contributed by atoms with Crippen molar-refractivity contribution in [3.05, 3.63) is 12.3 Å². The van der Waals surface area contributed by atoms with Crippen molar-refractivity contribution in [3.8, 4) is 0 Å². The standard InChI is InChI=1S/C15H28O3/c1-6-14(7-2,12(5)16)10-11-15(8-3,9-4)13(17)18/h16H,5-11H2,1-4H3,(H,17,18). The molecular formula is C15H28O3. The largest absolute Gasteiger partial charge is 0.512 e. The van der Waals surface area contributed by atoms with E-state index in [1.165, 1.54) is 0 Å². The fourth-order valence-electron chi connectivity index (χ4n) is 2.65. The monoisotopic (exact) mass is 256 g/mol. The van der Waals surface area contributed by atoms with Crippen LogP contribution >= 0.6 is 0 Å². The van der Waals surface area contributed by atoms with Crippen molar-refractivity contribution < 1.29 is 15.0 Å². The number of rotatable bonds is 9. The van der Waals surface area contributed by atoms with Gasteiger partial charge in [-0.05, 0) is 38.5 Å². The predicted molar refractivity (Wildman–Crippen MR) is 74.7 cm³/mol. The number of carbonyl (C=O) groups is 1. The molecule has 0 aliphatic carbocycles. The molecule has 0 bridgehead atoms. The molecule has 106 valence electrons. The predicted octanol–water partition coefficient (Wildman–Crippen LogP) is 4.54. The number of carboxylic acids is 1. The Morgan fingerprint density at radius 2 is 1.22 bits per heavy atom. The Kier molecular flexibility index (Phi) is 6.44. The Hall–Kier alpha value is -0.990. The number of aliphatic carboxylic acids is 1.